The van der Waals surface area contributed by atoms with Crippen LogP contribution in [-0.4, -0.2) is 53.5 Å². The lowest BCUT2D eigenvalue weighted by atomic mass is 10.1. The molecule has 0 radical (unpaired) electrons. The van der Waals surface area contributed by atoms with Crippen LogP contribution < -0.4 is 10.1 Å². The van der Waals surface area contributed by atoms with Crippen LogP contribution in [0.3, 0.4) is 0 Å². The fraction of sp³-hybridized carbons (Fsp3) is 0.438. The topological polar surface area (TPSA) is 95.9 Å². The number of halogens is 1. The van der Waals surface area contributed by atoms with Gasteiger partial charge in [0.15, 0.2) is 0 Å². The van der Waals surface area contributed by atoms with Crippen molar-refractivity contribution in [2.45, 2.75) is 19.4 Å². The van der Waals surface area contributed by atoms with Crippen molar-refractivity contribution in [2.24, 2.45) is 5.92 Å². The van der Waals surface area contributed by atoms with Gasteiger partial charge in [-0.2, -0.15) is 0 Å². The SMILES string of the molecule is CCN1CC(C(=O)NCC(Oc2ccc(F)cc2)C(=O)O)CC1=O. The van der Waals surface area contributed by atoms with E-state index in [1.54, 1.807) is 4.90 Å². The van der Waals surface area contributed by atoms with Gasteiger partial charge in [0.05, 0.1) is 12.5 Å². The third-order valence-corrected chi connectivity index (χ3v) is 3.80. The highest BCUT2D eigenvalue weighted by atomic mass is 19.1. The first-order valence-corrected chi connectivity index (χ1v) is 7.61. The van der Waals surface area contributed by atoms with E-state index in [4.69, 9.17) is 4.74 Å². The highest BCUT2D eigenvalue weighted by Crippen LogP contribution is 2.17. The van der Waals surface area contributed by atoms with Crippen LogP contribution in [-0.2, 0) is 14.4 Å². The monoisotopic (exact) mass is 338 g/mol. The van der Waals surface area contributed by atoms with Gasteiger partial charge in [-0.3, -0.25) is 9.59 Å². The first-order valence-electron chi connectivity index (χ1n) is 7.61. The summed E-state index contributed by atoms with van der Waals surface area (Å²) in [5, 5.41) is 11.7. The van der Waals surface area contributed by atoms with Gasteiger partial charge in [-0.1, -0.05) is 0 Å². The summed E-state index contributed by atoms with van der Waals surface area (Å²) in [5.41, 5.74) is 0. The normalized spacial score (nSPS) is 18.3. The second kappa shape index (κ2) is 7.76. The summed E-state index contributed by atoms with van der Waals surface area (Å²) in [5.74, 6) is -2.49. The molecule has 7 nitrogen and oxygen atoms in total. The number of likely N-dealkylation sites (tertiary alicyclic amines) is 1. The number of carbonyl (C=O) groups is 3. The van der Waals surface area contributed by atoms with Crippen LogP contribution in [0.1, 0.15) is 13.3 Å². The Hall–Kier alpha value is -2.64. The molecule has 24 heavy (non-hydrogen) atoms. The van der Waals surface area contributed by atoms with Crippen LogP contribution in [0.25, 0.3) is 0 Å². The molecule has 1 heterocycles. The zero-order chi connectivity index (χ0) is 17.7. The minimum atomic E-state index is -1.31. The molecule has 8 heteroatoms. The fourth-order valence-corrected chi connectivity index (χ4v) is 2.45. The van der Waals surface area contributed by atoms with Crippen LogP contribution >= 0.6 is 0 Å². The predicted octanol–water partition coefficient (Wildman–Crippen LogP) is 0.642. The Bertz CT molecular complexity index is 619. The second-order valence-electron chi connectivity index (χ2n) is 5.48. The molecule has 2 unspecified atom stereocenters. The Labute approximate surface area is 138 Å². The molecule has 1 fully saturated rings. The lowest BCUT2D eigenvalue weighted by Gasteiger charge is -2.17. The van der Waals surface area contributed by atoms with E-state index in [-0.39, 0.29) is 30.5 Å². The molecule has 1 saturated heterocycles. The number of carboxylic acids is 1. The maximum absolute atomic E-state index is 12.8. The van der Waals surface area contributed by atoms with Crippen molar-refractivity contribution in [2.75, 3.05) is 19.6 Å². The van der Waals surface area contributed by atoms with Crippen molar-refractivity contribution >= 4 is 17.8 Å². The molecule has 1 aromatic rings. The van der Waals surface area contributed by atoms with Crippen molar-refractivity contribution in [3.05, 3.63) is 30.1 Å². The zero-order valence-corrected chi connectivity index (χ0v) is 13.2. The van der Waals surface area contributed by atoms with E-state index in [2.05, 4.69) is 5.32 Å². The number of carbonyl (C=O) groups excluding carboxylic acids is 2. The molecule has 0 aromatic heterocycles. The van der Waals surface area contributed by atoms with Crippen molar-refractivity contribution in [1.82, 2.24) is 10.2 Å². The van der Waals surface area contributed by atoms with E-state index in [0.717, 1.165) is 12.1 Å². The van der Waals surface area contributed by atoms with Crippen molar-refractivity contribution < 1.29 is 28.6 Å². The van der Waals surface area contributed by atoms with Crippen LogP contribution in [0.2, 0.25) is 0 Å². The molecule has 2 atom stereocenters. The highest BCUT2D eigenvalue weighted by Gasteiger charge is 2.34. The first-order chi connectivity index (χ1) is 11.4. The van der Waals surface area contributed by atoms with Gasteiger partial charge in [0.1, 0.15) is 11.6 Å². The van der Waals surface area contributed by atoms with Gasteiger partial charge in [0.25, 0.3) is 0 Å². The van der Waals surface area contributed by atoms with Gasteiger partial charge < -0.3 is 20.1 Å². The zero-order valence-electron chi connectivity index (χ0n) is 13.2. The summed E-state index contributed by atoms with van der Waals surface area (Å²) in [6, 6.07) is 4.91. The van der Waals surface area contributed by atoms with Crippen LogP contribution in [0.5, 0.6) is 5.75 Å². The number of hydrogen-bond donors (Lipinski definition) is 2. The van der Waals surface area contributed by atoms with Crippen LogP contribution in [0, 0.1) is 11.7 Å². The number of nitrogens with zero attached hydrogens (tertiary/aromatic N) is 1. The third-order valence-electron chi connectivity index (χ3n) is 3.80. The average molecular weight is 338 g/mol. The number of amides is 2. The van der Waals surface area contributed by atoms with Crippen LogP contribution in [0.15, 0.2) is 24.3 Å². The third kappa shape index (κ3) is 4.43. The van der Waals surface area contributed by atoms with E-state index < -0.39 is 23.8 Å². The number of ether oxygens (including phenoxy) is 1. The van der Waals surface area contributed by atoms with Crippen LogP contribution in [0.4, 0.5) is 4.39 Å². The molecular formula is C16H19FN2O5. The largest absolute Gasteiger partial charge is 0.478 e. The molecule has 2 N–H and O–H groups in total. The van der Waals surface area contributed by atoms with Gasteiger partial charge in [0, 0.05) is 19.5 Å². The fourth-order valence-electron chi connectivity index (χ4n) is 2.45. The highest BCUT2D eigenvalue weighted by molar-refractivity contribution is 5.89. The van der Waals surface area contributed by atoms with Gasteiger partial charge in [-0.05, 0) is 31.2 Å². The molecule has 1 aliphatic rings. The molecule has 2 rings (SSSR count). The van der Waals surface area contributed by atoms with E-state index in [9.17, 15) is 23.9 Å². The summed E-state index contributed by atoms with van der Waals surface area (Å²) in [6.07, 6.45) is -1.19. The first kappa shape index (κ1) is 17.7. The van der Waals surface area contributed by atoms with Gasteiger partial charge in [-0.25, -0.2) is 9.18 Å². The maximum atomic E-state index is 12.8. The smallest absolute Gasteiger partial charge is 0.346 e. The van der Waals surface area contributed by atoms with E-state index >= 15 is 0 Å². The Morgan fingerprint density at radius 3 is 2.62 bits per heavy atom. The van der Waals surface area contributed by atoms with Gasteiger partial charge in [-0.15, -0.1) is 0 Å². The van der Waals surface area contributed by atoms with E-state index in [0.29, 0.717) is 13.1 Å². The Morgan fingerprint density at radius 2 is 2.08 bits per heavy atom. The van der Waals surface area contributed by atoms with Crippen molar-refractivity contribution in [3.63, 3.8) is 0 Å². The molecular weight excluding hydrogens is 319 g/mol. The molecule has 0 bridgehead atoms. The van der Waals surface area contributed by atoms with Gasteiger partial charge in [0.2, 0.25) is 17.9 Å². The molecule has 130 valence electrons. The van der Waals surface area contributed by atoms with Gasteiger partial charge >= 0.3 is 5.97 Å². The molecule has 2 amide bonds. The van der Waals surface area contributed by atoms with Crippen molar-refractivity contribution in [1.29, 1.82) is 0 Å². The number of hydrogen-bond acceptors (Lipinski definition) is 4. The van der Waals surface area contributed by atoms with E-state index in [1.165, 1.54) is 12.1 Å². The Morgan fingerprint density at radius 1 is 1.42 bits per heavy atom. The quantitative estimate of drug-likeness (QED) is 0.761. The number of carboxylic acid groups (broad SMARTS) is 1. The average Bonchev–Trinajstić information content (AvgIpc) is 2.93. The summed E-state index contributed by atoms with van der Waals surface area (Å²) in [7, 11) is 0. The maximum Gasteiger partial charge on any atom is 0.346 e. The standard InChI is InChI=1S/C16H19FN2O5/c1-2-19-9-10(7-14(19)20)15(21)18-8-13(16(22)23)24-12-5-3-11(17)4-6-12/h3-6,10,13H,2,7-9H2,1H3,(H,18,21)(H,22,23). The predicted molar refractivity (Wildman–Crippen MR) is 81.8 cm³/mol. The number of nitrogens with one attached hydrogen (secondary N) is 1. The minimum absolute atomic E-state index is 0.0880. The Balaban J connectivity index is 1.89. The lowest BCUT2D eigenvalue weighted by molar-refractivity contribution is -0.145. The number of benzene rings is 1. The second-order valence-corrected chi connectivity index (χ2v) is 5.48. The number of aliphatic carboxylic acids is 1. The molecule has 1 aromatic carbocycles. The summed E-state index contributed by atoms with van der Waals surface area (Å²) in [4.78, 5) is 36.5. The molecule has 1 aliphatic heterocycles. The molecule has 0 spiro atoms. The molecule has 0 aliphatic carbocycles. The minimum Gasteiger partial charge on any atom is -0.478 e. The lowest BCUT2D eigenvalue weighted by Crippen LogP contribution is -2.43. The van der Waals surface area contributed by atoms with Crippen molar-refractivity contribution in [3.8, 4) is 5.75 Å². The molecule has 0 saturated carbocycles. The summed E-state index contributed by atoms with van der Waals surface area (Å²) < 4.78 is 18.1. The summed E-state index contributed by atoms with van der Waals surface area (Å²) >= 11 is 0. The Kier molecular flexibility index (Phi) is 5.73. The number of rotatable bonds is 7. The summed E-state index contributed by atoms with van der Waals surface area (Å²) in [6.45, 7) is 2.45. The van der Waals surface area contributed by atoms with E-state index in [1.807, 2.05) is 6.92 Å².